The number of hydrogen-bond donors (Lipinski definition) is 1. The minimum absolute atomic E-state index is 0.169. The summed E-state index contributed by atoms with van der Waals surface area (Å²) < 4.78 is 47.1. The maximum Gasteiger partial charge on any atom is 0.325 e. The molecule has 1 heterocycles. The summed E-state index contributed by atoms with van der Waals surface area (Å²) in [6, 6.07) is 17.6. The Balaban J connectivity index is 1.52. The Labute approximate surface area is 193 Å². The normalized spacial score (nSPS) is 20.5. The third-order valence-electron chi connectivity index (χ3n) is 6.06. The lowest BCUT2D eigenvalue weighted by atomic mass is 10.0. The van der Waals surface area contributed by atoms with Crippen LogP contribution in [0.25, 0.3) is 10.8 Å². The molecule has 1 fully saturated rings. The molecule has 4 rings (SSSR count). The molecule has 0 radical (unpaired) electrons. The Bertz CT molecular complexity index is 1280. The summed E-state index contributed by atoms with van der Waals surface area (Å²) in [5, 5.41) is 2.13. The van der Waals surface area contributed by atoms with Gasteiger partial charge in [0.25, 0.3) is 0 Å². The number of halogens is 1. The second-order valence-electron chi connectivity index (χ2n) is 8.58. The van der Waals surface area contributed by atoms with Gasteiger partial charge >= 0.3 is 5.97 Å². The van der Waals surface area contributed by atoms with E-state index in [9.17, 15) is 17.6 Å². The molecule has 0 aromatic heterocycles. The molecule has 0 spiro atoms. The van der Waals surface area contributed by atoms with Crippen molar-refractivity contribution in [3.63, 3.8) is 0 Å². The molecule has 2 atom stereocenters. The molecule has 1 saturated heterocycles. The van der Waals surface area contributed by atoms with Gasteiger partial charge in [0, 0.05) is 13.0 Å². The Hall–Kier alpha value is -2.81. The van der Waals surface area contributed by atoms with E-state index in [4.69, 9.17) is 10.5 Å². The number of sulfonamides is 1. The summed E-state index contributed by atoms with van der Waals surface area (Å²) in [6.45, 7) is 1.74. The summed E-state index contributed by atoms with van der Waals surface area (Å²) in [4.78, 5) is 12.7. The smallest absolute Gasteiger partial charge is 0.325 e. The van der Waals surface area contributed by atoms with Gasteiger partial charge in [-0.2, -0.15) is 4.31 Å². The molecule has 6 nitrogen and oxygen atoms in total. The van der Waals surface area contributed by atoms with Crippen molar-refractivity contribution in [2.24, 2.45) is 5.73 Å². The van der Waals surface area contributed by atoms with Crippen LogP contribution in [0.2, 0.25) is 0 Å². The zero-order valence-electron chi connectivity index (χ0n) is 18.4. The van der Waals surface area contributed by atoms with E-state index in [1.54, 1.807) is 6.92 Å². The van der Waals surface area contributed by atoms with Gasteiger partial charge in [0.15, 0.2) is 5.72 Å². The molecule has 33 heavy (non-hydrogen) atoms. The molecular formula is C25H27FN2O4S. The van der Waals surface area contributed by atoms with Crippen molar-refractivity contribution >= 4 is 26.8 Å². The molecule has 1 unspecified atom stereocenters. The van der Waals surface area contributed by atoms with Gasteiger partial charge in [0.2, 0.25) is 10.0 Å². The molecule has 3 aromatic carbocycles. The van der Waals surface area contributed by atoms with Gasteiger partial charge < -0.3 is 10.5 Å². The molecule has 0 saturated carbocycles. The number of benzene rings is 3. The lowest BCUT2D eigenvalue weighted by Gasteiger charge is -2.43. The highest BCUT2D eigenvalue weighted by Gasteiger charge is 2.46. The van der Waals surface area contributed by atoms with Gasteiger partial charge in [-0.05, 0) is 60.7 Å². The van der Waals surface area contributed by atoms with E-state index < -0.39 is 33.6 Å². The average molecular weight is 471 g/mol. The lowest BCUT2D eigenvalue weighted by molar-refractivity contribution is -0.177. The van der Waals surface area contributed by atoms with Crippen LogP contribution in [0.15, 0.2) is 71.6 Å². The topological polar surface area (TPSA) is 89.7 Å². The molecule has 8 heteroatoms. The van der Waals surface area contributed by atoms with Gasteiger partial charge in [-0.1, -0.05) is 48.5 Å². The fraction of sp³-hybridized carbons (Fsp3) is 0.320. The van der Waals surface area contributed by atoms with Crippen molar-refractivity contribution in [1.29, 1.82) is 0 Å². The molecule has 2 N–H and O–H groups in total. The standard InChI is InChI=1S/C25H27FN2O4S/c1-25(13-4-5-14-28(25)33(30,31)22-10-6-9-21(26)17-22)32-24(29)23(27)16-18-11-12-19-7-2-3-8-20(19)15-18/h2-3,6-12,15,17,23H,4-5,13-14,16,27H2,1H3/t23-,25?/m0/s1. The highest BCUT2D eigenvalue weighted by atomic mass is 32.2. The van der Waals surface area contributed by atoms with Crippen LogP contribution in [0.3, 0.4) is 0 Å². The van der Waals surface area contributed by atoms with Gasteiger partial charge in [0.05, 0.1) is 4.90 Å². The summed E-state index contributed by atoms with van der Waals surface area (Å²) in [5.41, 5.74) is 5.65. The second-order valence-corrected chi connectivity index (χ2v) is 10.4. The van der Waals surface area contributed by atoms with Crippen LogP contribution >= 0.6 is 0 Å². The zero-order chi connectivity index (χ0) is 23.6. The number of carbonyl (C=O) groups excluding carboxylic acids is 1. The van der Waals surface area contributed by atoms with Crippen LogP contribution in [0.1, 0.15) is 31.7 Å². The van der Waals surface area contributed by atoms with Crippen molar-refractivity contribution < 1.29 is 22.3 Å². The first-order valence-corrected chi connectivity index (χ1v) is 12.4. The Morgan fingerprint density at radius 1 is 1.09 bits per heavy atom. The highest BCUT2D eigenvalue weighted by molar-refractivity contribution is 7.89. The zero-order valence-corrected chi connectivity index (χ0v) is 19.2. The Morgan fingerprint density at radius 2 is 1.85 bits per heavy atom. The number of esters is 1. The van der Waals surface area contributed by atoms with Crippen molar-refractivity contribution in [3.05, 3.63) is 78.1 Å². The number of rotatable bonds is 6. The summed E-state index contributed by atoms with van der Waals surface area (Å²) >= 11 is 0. The fourth-order valence-electron chi connectivity index (χ4n) is 4.30. The first-order valence-electron chi connectivity index (χ1n) is 10.9. The minimum Gasteiger partial charge on any atom is -0.442 e. The average Bonchev–Trinajstić information content (AvgIpc) is 2.79. The van der Waals surface area contributed by atoms with Crippen LogP contribution in [-0.2, 0) is 26.0 Å². The van der Waals surface area contributed by atoms with Crippen LogP contribution < -0.4 is 5.73 Å². The Morgan fingerprint density at radius 3 is 2.61 bits per heavy atom. The van der Waals surface area contributed by atoms with Crippen molar-refractivity contribution in [2.45, 2.75) is 49.3 Å². The van der Waals surface area contributed by atoms with Crippen molar-refractivity contribution in [2.75, 3.05) is 6.54 Å². The maximum absolute atomic E-state index is 13.7. The van der Waals surface area contributed by atoms with Crippen LogP contribution in [0.5, 0.6) is 0 Å². The van der Waals surface area contributed by atoms with Crippen LogP contribution in [0, 0.1) is 5.82 Å². The van der Waals surface area contributed by atoms with Gasteiger partial charge in [-0.25, -0.2) is 12.8 Å². The lowest BCUT2D eigenvalue weighted by Crippen LogP contribution is -2.56. The molecule has 0 bridgehead atoms. The minimum atomic E-state index is -4.07. The monoisotopic (exact) mass is 470 g/mol. The quantitative estimate of drug-likeness (QED) is 0.551. The predicted molar refractivity (Wildman–Crippen MR) is 124 cm³/mol. The number of carbonyl (C=O) groups is 1. The van der Waals surface area contributed by atoms with E-state index in [0.29, 0.717) is 19.3 Å². The number of hydrogen-bond acceptors (Lipinski definition) is 5. The predicted octanol–water partition coefficient (Wildman–Crippen LogP) is 3.98. The number of nitrogens with two attached hydrogens (primary N) is 1. The first kappa shape index (κ1) is 23.4. The number of ether oxygens (including phenoxy) is 1. The van der Waals surface area contributed by atoms with Crippen LogP contribution in [-0.4, -0.2) is 37.0 Å². The number of fused-ring (bicyclic) bond motifs is 1. The molecular weight excluding hydrogens is 443 g/mol. The van der Waals surface area contributed by atoms with Gasteiger partial charge in [0.1, 0.15) is 11.9 Å². The van der Waals surface area contributed by atoms with Crippen LogP contribution in [0.4, 0.5) is 4.39 Å². The SMILES string of the molecule is CC1(OC(=O)[C@@H](N)Cc2ccc3ccccc3c2)CCCCN1S(=O)(=O)c1cccc(F)c1. The molecule has 174 valence electrons. The highest BCUT2D eigenvalue weighted by Crippen LogP contribution is 2.35. The Kier molecular flexibility index (Phi) is 6.52. The molecule has 3 aromatic rings. The number of nitrogens with zero attached hydrogens (tertiary/aromatic N) is 1. The third-order valence-corrected chi connectivity index (χ3v) is 8.05. The first-order chi connectivity index (χ1) is 15.7. The second kappa shape index (κ2) is 9.21. The van der Waals surface area contributed by atoms with E-state index in [1.165, 1.54) is 18.2 Å². The van der Waals surface area contributed by atoms with Gasteiger partial charge in [-0.3, -0.25) is 4.79 Å². The van der Waals surface area contributed by atoms with E-state index in [1.807, 2.05) is 42.5 Å². The third kappa shape index (κ3) is 4.93. The van der Waals surface area contributed by atoms with E-state index >= 15 is 0 Å². The molecule has 0 amide bonds. The van der Waals surface area contributed by atoms with Gasteiger partial charge in [-0.15, -0.1) is 0 Å². The van der Waals surface area contributed by atoms with E-state index in [2.05, 4.69) is 0 Å². The molecule has 1 aliphatic rings. The molecule has 1 aliphatic heterocycles. The fourth-order valence-corrected chi connectivity index (χ4v) is 6.07. The maximum atomic E-state index is 13.7. The number of piperidine rings is 1. The van der Waals surface area contributed by atoms with E-state index in [0.717, 1.165) is 26.7 Å². The summed E-state index contributed by atoms with van der Waals surface area (Å²) in [6.07, 6.45) is 1.90. The molecule has 0 aliphatic carbocycles. The summed E-state index contributed by atoms with van der Waals surface area (Å²) in [5.74, 6) is -1.32. The van der Waals surface area contributed by atoms with Crippen molar-refractivity contribution in [1.82, 2.24) is 4.31 Å². The van der Waals surface area contributed by atoms with E-state index in [-0.39, 0.29) is 17.9 Å². The summed E-state index contributed by atoms with van der Waals surface area (Å²) in [7, 11) is -4.07. The van der Waals surface area contributed by atoms with Crippen molar-refractivity contribution in [3.8, 4) is 0 Å². The largest absolute Gasteiger partial charge is 0.442 e.